The number of rotatable bonds is 1. The minimum atomic E-state index is -3.17. The van der Waals surface area contributed by atoms with Gasteiger partial charge in [0.1, 0.15) is 6.04 Å². The molecule has 1 N–H and O–H groups in total. The van der Waals surface area contributed by atoms with Crippen molar-refractivity contribution in [3.63, 3.8) is 0 Å². The molecule has 3 nitrogen and oxygen atoms in total. The standard InChI is InChI=1S/C18H13F2NO2.ClH/c19-18(20)10-23-17(22)21-16(18)15-9-11-5-1-2-6-12(11)13-7-3-4-8-14(13)15;/h1-9,16H,10H2,(H,21,22);1H/t16-;/m0./s1. The number of ether oxygens (including phenoxy) is 1. The molecule has 0 spiro atoms. The van der Waals surface area contributed by atoms with Crippen molar-refractivity contribution >= 4 is 40.0 Å². The van der Waals surface area contributed by atoms with Gasteiger partial charge in [-0.15, -0.1) is 12.4 Å². The van der Waals surface area contributed by atoms with Gasteiger partial charge in [-0.25, -0.2) is 13.6 Å². The third-order valence-corrected chi connectivity index (χ3v) is 4.19. The highest BCUT2D eigenvalue weighted by Gasteiger charge is 2.47. The van der Waals surface area contributed by atoms with Gasteiger partial charge in [0, 0.05) is 0 Å². The molecule has 1 heterocycles. The third-order valence-electron chi connectivity index (χ3n) is 4.19. The van der Waals surface area contributed by atoms with Gasteiger partial charge in [-0.1, -0.05) is 48.5 Å². The number of carbonyl (C=O) groups is 1. The van der Waals surface area contributed by atoms with Crippen LogP contribution in [0.4, 0.5) is 13.6 Å². The SMILES string of the molecule is Cl.O=C1N[C@@H](c2cc3ccccc3c3ccccc23)C(F)(F)CO1. The molecule has 1 fully saturated rings. The van der Waals surface area contributed by atoms with Gasteiger partial charge in [-0.2, -0.15) is 0 Å². The van der Waals surface area contributed by atoms with Crippen LogP contribution in [-0.4, -0.2) is 18.6 Å². The number of fused-ring (bicyclic) bond motifs is 3. The van der Waals surface area contributed by atoms with Crippen molar-refractivity contribution in [2.24, 2.45) is 0 Å². The fourth-order valence-electron chi connectivity index (χ4n) is 3.14. The van der Waals surface area contributed by atoms with Crippen molar-refractivity contribution < 1.29 is 18.3 Å². The summed E-state index contributed by atoms with van der Waals surface area (Å²) in [6, 6.07) is 15.3. The number of halogens is 3. The van der Waals surface area contributed by atoms with E-state index in [1.807, 2.05) is 36.4 Å². The molecule has 4 rings (SSSR count). The van der Waals surface area contributed by atoms with Gasteiger partial charge in [0.05, 0.1) is 0 Å². The lowest BCUT2D eigenvalue weighted by Crippen LogP contribution is -2.49. The molecule has 24 heavy (non-hydrogen) atoms. The molecule has 0 unspecified atom stereocenters. The summed E-state index contributed by atoms with van der Waals surface area (Å²) >= 11 is 0. The number of amides is 1. The largest absolute Gasteiger partial charge is 0.443 e. The van der Waals surface area contributed by atoms with E-state index in [0.29, 0.717) is 10.9 Å². The van der Waals surface area contributed by atoms with Crippen LogP contribution in [0.1, 0.15) is 11.6 Å². The molecule has 3 aromatic rings. The summed E-state index contributed by atoms with van der Waals surface area (Å²) in [4.78, 5) is 11.5. The lowest BCUT2D eigenvalue weighted by atomic mass is 9.90. The predicted molar refractivity (Wildman–Crippen MR) is 90.9 cm³/mol. The molecule has 0 saturated carbocycles. The average Bonchev–Trinajstić information content (AvgIpc) is 2.56. The molecular formula is C18H14ClF2NO2. The number of cyclic esters (lactones) is 1. The molecule has 3 aromatic carbocycles. The summed E-state index contributed by atoms with van der Waals surface area (Å²) in [7, 11) is 0. The number of nitrogens with one attached hydrogen (secondary N) is 1. The molecule has 124 valence electrons. The Hall–Kier alpha value is -2.40. The fraction of sp³-hybridized carbons (Fsp3) is 0.167. The maximum atomic E-state index is 14.3. The van der Waals surface area contributed by atoms with E-state index in [1.165, 1.54) is 0 Å². The van der Waals surface area contributed by atoms with Crippen LogP contribution in [0.3, 0.4) is 0 Å². The fourth-order valence-corrected chi connectivity index (χ4v) is 3.14. The van der Waals surface area contributed by atoms with Gasteiger partial charge in [0.15, 0.2) is 6.61 Å². The van der Waals surface area contributed by atoms with Crippen LogP contribution in [0.2, 0.25) is 0 Å². The predicted octanol–water partition coefficient (Wildman–Crippen LogP) is 4.83. The Labute approximate surface area is 143 Å². The van der Waals surface area contributed by atoms with Crippen LogP contribution in [0, 0.1) is 0 Å². The first kappa shape index (κ1) is 16.5. The number of alkyl halides is 2. The van der Waals surface area contributed by atoms with Crippen LogP contribution < -0.4 is 5.32 Å². The summed E-state index contributed by atoms with van der Waals surface area (Å²) in [6.07, 6.45) is -0.821. The molecule has 1 aliphatic rings. The number of carbonyl (C=O) groups excluding carboxylic acids is 1. The topological polar surface area (TPSA) is 38.3 Å². The summed E-state index contributed by atoms with van der Waals surface area (Å²) in [5.74, 6) is -3.17. The zero-order chi connectivity index (χ0) is 16.0. The van der Waals surface area contributed by atoms with E-state index < -0.39 is 24.7 Å². The highest BCUT2D eigenvalue weighted by Crippen LogP contribution is 2.40. The van der Waals surface area contributed by atoms with Crippen LogP contribution in [0.5, 0.6) is 0 Å². The first-order chi connectivity index (χ1) is 11.1. The lowest BCUT2D eigenvalue weighted by Gasteiger charge is -2.32. The van der Waals surface area contributed by atoms with Gasteiger partial charge < -0.3 is 10.1 Å². The van der Waals surface area contributed by atoms with Crippen molar-refractivity contribution in [1.82, 2.24) is 5.32 Å². The zero-order valence-corrected chi connectivity index (χ0v) is 13.3. The highest BCUT2D eigenvalue weighted by atomic mass is 35.5. The molecule has 6 heteroatoms. The number of benzene rings is 3. The normalized spacial score (nSPS) is 19.4. The first-order valence-corrected chi connectivity index (χ1v) is 7.28. The molecular weight excluding hydrogens is 336 g/mol. The Bertz CT molecular complexity index is 929. The van der Waals surface area contributed by atoms with Gasteiger partial charge >= 0.3 is 12.0 Å². The Balaban J connectivity index is 0.00000169. The van der Waals surface area contributed by atoms with Crippen molar-refractivity contribution in [3.8, 4) is 0 Å². The minimum Gasteiger partial charge on any atom is -0.443 e. The monoisotopic (exact) mass is 349 g/mol. The molecule has 1 aliphatic heterocycles. The van der Waals surface area contributed by atoms with Crippen LogP contribution in [0.25, 0.3) is 21.5 Å². The Morgan fingerprint density at radius 1 is 1.00 bits per heavy atom. The summed E-state index contributed by atoms with van der Waals surface area (Å²) in [5, 5.41) is 5.71. The van der Waals surface area contributed by atoms with Crippen molar-refractivity contribution in [2.75, 3.05) is 6.61 Å². The van der Waals surface area contributed by atoms with E-state index in [4.69, 9.17) is 0 Å². The highest BCUT2D eigenvalue weighted by molar-refractivity contribution is 6.09. The minimum absolute atomic E-state index is 0. The summed E-state index contributed by atoms with van der Waals surface area (Å²) in [6.45, 7) is -0.912. The molecule has 1 saturated heterocycles. The maximum absolute atomic E-state index is 14.3. The molecule has 1 atom stereocenters. The van der Waals surface area contributed by atoms with E-state index in [0.717, 1.165) is 16.2 Å². The second kappa shape index (κ2) is 5.91. The average molecular weight is 350 g/mol. The van der Waals surface area contributed by atoms with Gasteiger partial charge in [-0.05, 0) is 33.2 Å². The number of alkyl carbamates (subject to hydrolysis) is 1. The Morgan fingerprint density at radius 3 is 2.38 bits per heavy atom. The van der Waals surface area contributed by atoms with Crippen LogP contribution in [0.15, 0.2) is 54.6 Å². The van der Waals surface area contributed by atoms with E-state index in [1.54, 1.807) is 18.2 Å². The number of hydrogen-bond acceptors (Lipinski definition) is 2. The Kier molecular flexibility index (Phi) is 4.05. The summed E-state index contributed by atoms with van der Waals surface area (Å²) in [5.41, 5.74) is 0.404. The van der Waals surface area contributed by atoms with Crippen molar-refractivity contribution in [3.05, 3.63) is 60.2 Å². The molecule has 0 radical (unpaired) electrons. The second-order valence-electron chi connectivity index (χ2n) is 5.65. The third kappa shape index (κ3) is 2.55. The molecule has 0 aromatic heterocycles. The van der Waals surface area contributed by atoms with Crippen LogP contribution >= 0.6 is 12.4 Å². The van der Waals surface area contributed by atoms with Crippen molar-refractivity contribution in [1.29, 1.82) is 0 Å². The van der Waals surface area contributed by atoms with Gasteiger partial charge in [0.25, 0.3) is 0 Å². The van der Waals surface area contributed by atoms with E-state index in [2.05, 4.69) is 10.1 Å². The zero-order valence-electron chi connectivity index (χ0n) is 12.5. The molecule has 0 bridgehead atoms. The lowest BCUT2D eigenvalue weighted by molar-refractivity contribution is -0.103. The van der Waals surface area contributed by atoms with E-state index >= 15 is 0 Å². The smallest absolute Gasteiger partial charge is 0.408 e. The van der Waals surface area contributed by atoms with Crippen LogP contribution in [-0.2, 0) is 4.74 Å². The second-order valence-corrected chi connectivity index (χ2v) is 5.65. The summed E-state index contributed by atoms with van der Waals surface area (Å²) < 4.78 is 33.1. The van der Waals surface area contributed by atoms with Gasteiger partial charge in [-0.3, -0.25) is 0 Å². The first-order valence-electron chi connectivity index (χ1n) is 7.28. The molecule has 1 amide bonds. The number of hydrogen-bond donors (Lipinski definition) is 1. The Morgan fingerprint density at radius 2 is 1.62 bits per heavy atom. The maximum Gasteiger partial charge on any atom is 0.408 e. The molecule has 0 aliphatic carbocycles. The quantitative estimate of drug-likeness (QED) is 0.639. The van der Waals surface area contributed by atoms with Gasteiger partial charge in [0.2, 0.25) is 0 Å². The van der Waals surface area contributed by atoms with E-state index in [-0.39, 0.29) is 12.4 Å². The van der Waals surface area contributed by atoms with E-state index in [9.17, 15) is 13.6 Å². The van der Waals surface area contributed by atoms with Crippen molar-refractivity contribution in [2.45, 2.75) is 12.0 Å².